The Kier molecular flexibility index (Phi) is 4.05. The molecule has 7 rings (SSSR count). The molecule has 4 aliphatic rings. The average molecular weight is 440 g/mol. The normalized spacial score (nSPS) is 27.7. The Labute approximate surface area is 189 Å². The second-order valence-corrected chi connectivity index (χ2v) is 8.85. The Morgan fingerprint density at radius 2 is 1.45 bits per heavy atom. The molecule has 1 heterocycles. The van der Waals surface area contributed by atoms with Gasteiger partial charge in [0.2, 0.25) is 11.8 Å². The summed E-state index contributed by atoms with van der Waals surface area (Å²) < 4.78 is 0. The molecule has 0 spiro atoms. The molecular weight excluding hydrogens is 420 g/mol. The van der Waals surface area contributed by atoms with E-state index in [9.17, 15) is 24.8 Å². The number of Topliss-reactive ketones (excluding diaryl/α,β-unsaturated/α-hetero) is 1. The minimum absolute atomic E-state index is 0.0422. The number of anilines is 1. The highest BCUT2D eigenvalue weighted by Gasteiger charge is 2.70. The van der Waals surface area contributed by atoms with Crippen molar-refractivity contribution < 1.29 is 24.8 Å². The van der Waals surface area contributed by atoms with Crippen molar-refractivity contribution in [3.8, 4) is 0 Å². The van der Waals surface area contributed by atoms with Crippen molar-refractivity contribution in [1.82, 2.24) is 0 Å². The fraction of sp³-hybridized carbons (Fsp3) is 0.192. The van der Waals surface area contributed by atoms with E-state index >= 15 is 0 Å². The lowest BCUT2D eigenvalue weighted by molar-refractivity contribution is -0.990. The van der Waals surface area contributed by atoms with Crippen LogP contribution in [-0.2, 0) is 19.8 Å². The van der Waals surface area contributed by atoms with Crippen LogP contribution in [0.25, 0.3) is 0 Å². The molecule has 2 N–H and O–H groups in total. The third-order valence-corrected chi connectivity index (χ3v) is 7.55. The first-order valence-corrected chi connectivity index (χ1v) is 10.8. The van der Waals surface area contributed by atoms with Crippen LogP contribution in [0.3, 0.4) is 0 Å². The Hall–Kier alpha value is -3.65. The van der Waals surface area contributed by atoms with Gasteiger partial charge in [0, 0.05) is 12.0 Å². The molecular formula is C26H20N2O5. The van der Waals surface area contributed by atoms with Gasteiger partial charge in [0.05, 0.1) is 17.3 Å². The predicted octanol–water partition coefficient (Wildman–Crippen LogP) is 2.23. The maximum Gasteiger partial charge on any atom is 0.239 e. The van der Waals surface area contributed by atoms with Crippen molar-refractivity contribution in [3.05, 3.63) is 100 Å². The molecule has 0 radical (unpaired) electrons. The molecule has 0 aromatic heterocycles. The number of hydrogen-bond acceptors (Lipinski definition) is 5. The zero-order valence-corrected chi connectivity index (χ0v) is 17.7. The zero-order valence-electron chi connectivity index (χ0n) is 17.7. The first-order valence-electron chi connectivity index (χ1n) is 10.8. The molecule has 33 heavy (non-hydrogen) atoms. The van der Waals surface area contributed by atoms with Gasteiger partial charge in [-0.2, -0.15) is 5.23 Å². The van der Waals surface area contributed by atoms with E-state index in [0.717, 1.165) is 27.2 Å². The number of hydrogen-bond donors (Lipinski definition) is 2. The van der Waals surface area contributed by atoms with Crippen LogP contribution in [-0.4, -0.2) is 22.8 Å². The Bertz CT molecular complexity index is 1320. The molecule has 1 saturated heterocycles. The molecule has 3 aliphatic carbocycles. The van der Waals surface area contributed by atoms with E-state index in [-0.39, 0.29) is 23.1 Å². The van der Waals surface area contributed by atoms with Gasteiger partial charge in [0.1, 0.15) is 11.5 Å². The Balaban J connectivity index is 1.66. The lowest BCUT2D eigenvalue weighted by Crippen LogP contribution is -2.99. The van der Waals surface area contributed by atoms with E-state index in [4.69, 9.17) is 0 Å². The number of ketones is 1. The van der Waals surface area contributed by atoms with Gasteiger partial charge in [-0.3, -0.25) is 14.4 Å². The van der Waals surface area contributed by atoms with Gasteiger partial charge < -0.3 is 5.21 Å². The van der Waals surface area contributed by atoms with E-state index in [1.165, 1.54) is 19.1 Å². The number of rotatable bonds is 3. The van der Waals surface area contributed by atoms with Crippen molar-refractivity contribution in [3.63, 3.8) is 0 Å². The molecule has 1 fully saturated rings. The molecule has 7 heteroatoms. The second kappa shape index (κ2) is 6.68. The van der Waals surface area contributed by atoms with Crippen LogP contribution < -0.4 is 10.1 Å². The van der Waals surface area contributed by atoms with E-state index in [1.54, 1.807) is 12.1 Å². The Morgan fingerprint density at radius 3 is 2.03 bits per heavy atom. The standard InChI is InChI=1S/C26H20N2O5/c1-14(29)26-17-10-4-2-8-15(17)21(16-9-3-5-11-18(16)26)22-23(26)25(31)27(24(22)30)19-12-6-7-13-20(19)28(32)33/h2-13,21-23,28,32H,1H3/t21?,22-,23-,26?/m1/s1. The molecule has 1 unspecified atom stereocenters. The maximum absolute atomic E-state index is 14.0. The summed E-state index contributed by atoms with van der Waals surface area (Å²) in [4.78, 5) is 42.4. The molecule has 3 atom stereocenters. The molecule has 164 valence electrons. The monoisotopic (exact) mass is 440 g/mol. The summed E-state index contributed by atoms with van der Waals surface area (Å²) in [6.07, 6.45) is 0. The molecule has 3 aromatic rings. The van der Waals surface area contributed by atoms with Crippen LogP contribution in [0, 0.1) is 17.0 Å². The summed E-state index contributed by atoms with van der Waals surface area (Å²) in [5.41, 5.74) is 1.89. The molecule has 0 saturated carbocycles. The van der Waals surface area contributed by atoms with Crippen LogP contribution in [0.15, 0.2) is 72.8 Å². The quantitative estimate of drug-likeness (QED) is 0.480. The number of benzene rings is 3. The zero-order chi connectivity index (χ0) is 23.1. The number of quaternary nitrogens is 1. The number of nitrogens with one attached hydrogen (secondary N) is 1. The summed E-state index contributed by atoms with van der Waals surface area (Å²) in [6.45, 7) is 1.47. The highest BCUT2D eigenvalue weighted by molar-refractivity contribution is 6.26. The maximum atomic E-state index is 14.0. The largest absolute Gasteiger partial charge is 0.595 e. The summed E-state index contributed by atoms with van der Waals surface area (Å²) in [7, 11) is 0. The Morgan fingerprint density at radius 1 is 0.909 bits per heavy atom. The molecule has 2 amide bonds. The third-order valence-electron chi connectivity index (χ3n) is 7.55. The van der Waals surface area contributed by atoms with Gasteiger partial charge in [0.25, 0.3) is 0 Å². The number of carbonyl (C=O) groups excluding carboxylic acids is 3. The topological polar surface area (TPSA) is 102 Å². The van der Waals surface area contributed by atoms with E-state index in [2.05, 4.69) is 0 Å². The second-order valence-electron chi connectivity index (χ2n) is 8.85. The first-order chi connectivity index (χ1) is 15.9. The minimum Gasteiger partial charge on any atom is -0.595 e. The minimum atomic E-state index is -1.30. The predicted molar refractivity (Wildman–Crippen MR) is 118 cm³/mol. The third kappa shape index (κ3) is 2.26. The molecule has 2 bridgehead atoms. The van der Waals surface area contributed by atoms with Crippen molar-refractivity contribution in [2.24, 2.45) is 11.8 Å². The number of carbonyl (C=O) groups is 3. The van der Waals surface area contributed by atoms with Gasteiger partial charge >= 0.3 is 0 Å². The fourth-order valence-corrected chi connectivity index (χ4v) is 6.46. The van der Waals surface area contributed by atoms with Crippen molar-refractivity contribution in [2.45, 2.75) is 18.3 Å². The lowest BCUT2D eigenvalue weighted by atomic mass is 9.46. The summed E-state index contributed by atoms with van der Waals surface area (Å²) in [5, 5.41) is 20.3. The first kappa shape index (κ1) is 20.0. The van der Waals surface area contributed by atoms with Gasteiger partial charge in [-0.25, -0.2) is 10.1 Å². The van der Waals surface area contributed by atoms with Crippen molar-refractivity contribution >= 4 is 29.0 Å². The van der Waals surface area contributed by atoms with Gasteiger partial charge in [-0.05, 0) is 35.2 Å². The van der Waals surface area contributed by atoms with Crippen LogP contribution in [0.1, 0.15) is 35.1 Å². The number of nitrogens with zero attached hydrogens (tertiary/aromatic N) is 1. The summed E-state index contributed by atoms with van der Waals surface area (Å²) in [6, 6.07) is 21.1. The van der Waals surface area contributed by atoms with Crippen LogP contribution in [0.4, 0.5) is 11.4 Å². The smallest absolute Gasteiger partial charge is 0.239 e. The van der Waals surface area contributed by atoms with Crippen LogP contribution in [0.5, 0.6) is 0 Å². The van der Waals surface area contributed by atoms with Crippen LogP contribution >= 0.6 is 0 Å². The van der Waals surface area contributed by atoms with E-state index < -0.39 is 34.3 Å². The van der Waals surface area contributed by atoms with Gasteiger partial charge in [0.15, 0.2) is 5.69 Å². The van der Waals surface area contributed by atoms with Crippen LogP contribution in [0.2, 0.25) is 0 Å². The lowest BCUT2D eigenvalue weighted by Gasteiger charge is -2.52. The molecule has 3 aromatic carbocycles. The van der Waals surface area contributed by atoms with Gasteiger partial charge in [-0.1, -0.05) is 60.7 Å². The highest BCUT2D eigenvalue weighted by Crippen LogP contribution is 2.64. The van der Waals surface area contributed by atoms with E-state index in [0.29, 0.717) is 0 Å². The van der Waals surface area contributed by atoms with Gasteiger partial charge in [-0.15, -0.1) is 0 Å². The van der Waals surface area contributed by atoms with E-state index in [1.807, 2.05) is 48.5 Å². The number of para-hydroxylation sites is 2. The summed E-state index contributed by atoms with van der Waals surface area (Å²) >= 11 is 0. The SMILES string of the molecule is CC(=O)C12c3ccccc3C(c3ccccc31)[C@H]1C(=O)N(c3ccccc3[NH+]([O-])O)C(=O)[C@@H]12. The van der Waals surface area contributed by atoms with Crippen molar-refractivity contribution in [1.29, 1.82) is 0 Å². The molecule has 7 nitrogen and oxygen atoms in total. The number of amides is 2. The average Bonchev–Trinajstić information content (AvgIpc) is 3.09. The summed E-state index contributed by atoms with van der Waals surface area (Å²) in [5.74, 6) is -3.29. The number of imide groups is 1. The fourth-order valence-electron chi connectivity index (χ4n) is 6.46. The highest BCUT2D eigenvalue weighted by atomic mass is 16.8. The molecule has 1 aliphatic heterocycles. The van der Waals surface area contributed by atoms with Crippen molar-refractivity contribution in [2.75, 3.05) is 4.90 Å².